The van der Waals surface area contributed by atoms with Crippen LogP contribution in [-0.2, 0) is 16.6 Å². The molecule has 2 aromatic rings. The van der Waals surface area contributed by atoms with Crippen molar-refractivity contribution in [2.75, 3.05) is 0 Å². The molecule has 2 aromatic heterocycles. The summed E-state index contributed by atoms with van der Waals surface area (Å²) >= 11 is 0. The first-order chi connectivity index (χ1) is 8.94. The lowest BCUT2D eigenvalue weighted by molar-refractivity contribution is 0.478. The average molecular weight is 284 g/mol. The molecule has 2 rings (SSSR count). The van der Waals surface area contributed by atoms with E-state index in [1.807, 2.05) is 0 Å². The van der Waals surface area contributed by atoms with Gasteiger partial charge in [-0.3, -0.25) is 5.10 Å². The number of nitrogens with one attached hydrogen (secondary N) is 2. The van der Waals surface area contributed by atoms with Gasteiger partial charge in [0.15, 0.2) is 0 Å². The molecule has 0 aromatic carbocycles. The highest BCUT2D eigenvalue weighted by Gasteiger charge is 2.23. The first kappa shape index (κ1) is 13.8. The molecule has 8 heteroatoms. The molecular weight excluding hydrogens is 268 g/mol. The molecule has 0 spiro atoms. The van der Waals surface area contributed by atoms with Crippen LogP contribution in [0.1, 0.15) is 30.0 Å². The fourth-order valence-electron chi connectivity index (χ4n) is 1.75. The third-order valence-electron chi connectivity index (χ3n) is 2.77. The normalized spacial score (nSPS) is 13.6. The zero-order valence-corrected chi connectivity index (χ0v) is 11.5. The topological polar surface area (TPSA) is 114 Å². The van der Waals surface area contributed by atoms with E-state index in [1.165, 1.54) is 6.07 Å². The Bertz CT molecular complexity index is 646. The molecular formula is C11H16N4O3S. The van der Waals surface area contributed by atoms with Gasteiger partial charge in [0.1, 0.15) is 16.4 Å². The van der Waals surface area contributed by atoms with E-state index in [9.17, 15) is 8.42 Å². The summed E-state index contributed by atoms with van der Waals surface area (Å²) in [4.78, 5) is 0.114. The van der Waals surface area contributed by atoms with Gasteiger partial charge in [-0.15, -0.1) is 0 Å². The van der Waals surface area contributed by atoms with Crippen LogP contribution in [0.15, 0.2) is 27.8 Å². The number of hydrogen-bond acceptors (Lipinski definition) is 5. The van der Waals surface area contributed by atoms with Gasteiger partial charge >= 0.3 is 0 Å². The third-order valence-corrected chi connectivity index (χ3v) is 4.41. The highest BCUT2D eigenvalue weighted by molar-refractivity contribution is 7.89. The largest absolute Gasteiger partial charge is 0.464 e. The van der Waals surface area contributed by atoms with Gasteiger partial charge in [0.25, 0.3) is 0 Å². The van der Waals surface area contributed by atoms with E-state index < -0.39 is 10.0 Å². The first-order valence-electron chi connectivity index (χ1n) is 5.74. The summed E-state index contributed by atoms with van der Waals surface area (Å²) in [5.74, 6) is 0.765. The van der Waals surface area contributed by atoms with Crippen molar-refractivity contribution in [3.63, 3.8) is 0 Å². The molecule has 0 saturated heterocycles. The minimum Gasteiger partial charge on any atom is -0.464 e. The van der Waals surface area contributed by atoms with E-state index in [4.69, 9.17) is 10.2 Å². The van der Waals surface area contributed by atoms with Crippen molar-refractivity contribution in [2.24, 2.45) is 5.73 Å². The van der Waals surface area contributed by atoms with Gasteiger partial charge in [-0.05, 0) is 13.8 Å². The zero-order valence-electron chi connectivity index (χ0n) is 10.7. The predicted molar refractivity (Wildman–Crippen MR) is 68.7 cm³/mol. The summed E-state index contributed by atoms with van der Waals surface area (Å²) in [6.45, 7) is 3.49. The molecule has 104 valence electrons. The molecule has 0 aliphatic rings. The average Bonchev–Trinajstić information content (AvgIpc) is 2.96. The lowest BCUT2D eigenvalue weighted by Crippen LogP contribution is -2.26. The molecule has 2 heterocycles. The number of rotatable bonds is 5. The Kier molecular flexibility index (Phi) is 3.74. The van der Waals surface area contributed by atoms with Crippen molar-refractivity contribution in [2.45, 2.75) is 31.3 Å². The summed E-state index contributed by atoms with van der Waals surface area (Å²) in [6.07, 6.45) is 3.21. The smallest absolute Gasteiger partial charge is 0.244 e. The molecule has 0 aliphatic heterocycles. The molecule has 0 amide bonds. The second-order valence-corrected chi connectivity index (χ2v) is 5.89. The highest BCUT2D eigenvalue weighted by Crippen LogP contribution is 2.22. The van der Waals surface area contributed by atoms with Crippen LogP contribution in [0.5, 0.6) is 0 Å². The van der Waals surface area contributed by atoms with Crippen LogP contribution in [-0.4, -0.2) is 18.6 Å². The molecule has 19 heavy (non-hydrogen) atoms. The summed E-state index contributed by atoms with van der Waals surface area (Å²) in [6, 6.07) is 1.05. The van der Waals surface area contributed by atoms with Gasteiger partial charge in [-0.1, -0.05) is 0 Å². The number of nitrogens with two attached hydrogens (primary N) is 1. The minimum absolute atomic E-state index is 0.114. The Balaban J connectivity index is 2.25. The minimum atomic E-state index is -3.65. The summed E-state index contributed by atoms with van der Waals surface area (Å²) in [7, 11) is -3.65. The maximum Gasteiger partial charge on any atom is 0.244 e. The molecule has 4 N–H and O–H groups in total. The van der Waals surface area contributed by atoms with E-state index in [0.29, 0.717) is 11.5 Å². The van der Waals surface area contributed by atoms with Crippen LogP contribution in [0.4, 0.5) is 0 Å². The predicted octanol–water partition coefficient (Wildman–Crippen LogP) is 0.809. The lowest BCUT2D eigenvalue weighted by Gasteiger charge is -2.11. The third kappa shape index (κ3) is 2.86. The molecule has 0 radical (unpaired) electrons. The fraction of sp³-hybridized carbons (Fsp3) is 0.364. The summed E-state index contributed by atoms with van der Waals surface area (Å²) < 4.78 is 32.3. The zero-order chi connectivity index (χ0) is 14.0. The Labute approximate surface area is 111 Å². The van der Waals surface area contributed by atoms with Crippen LogP contribution < -0.4 is 10.5 Å². The fourth-order valence-corrected chi connectivity index (χ4v) is 3.19. The molecule has 0 fully saturated rings. The van der Waals surface area contributed by atoms with E-state index in [-0.39, 0.29) is 17.5 Å². The van der Waals surface area contributed by atoms with E-state index in [0.717, 1.165) is 5.56 Å². The monoisotopic (exact) mass is 284 g/mol. The Morgan fingerprint density at radius 1 is 1.58 bits per heavy atom. The van der Waals surface area contributed by atoms with Crippen molar-refractivity contribution >= 4 is 10.0 Å². The van der Waals surface area contributed by atoms with Gasteiger partial charge in [0.2, 0.25) is 10.0 Å². The van der Waals surface area contributed by atoms with Crippen LogP contribution in [0.25, 0.3) is 0 Å². The van der Waals surface area contributed by atoms with Crippen molar-refractivity contribution < 1.29 is 12.8 Å². The number of nitrogens with zero attached hydrogens (tertiary/aromatic N) is 1. The van der Waals surface area contributed by atoms with Crippen LogP contribution in [0, 0.1) is 6.92 Å². The van der Waals surface area contributed by atoms with Crippen LogP contribution >= 0.6 is 0 Å². The number of hydrogen-bond donors (Lipinski definition) is 3. The van der Waals surface area contributed by atoms with Gasteiger partial charge in [0.05, 0.1) is 12.7 Å². The Morgan fingerprint density at radius 3 is 2.84 bits per heavy atom. The Morgan fingerprint density at radius 2 is 2.32 bits per heavy atom. The van der Waals surface area contributed by atoms with Crippen LogP contribution in [0.2, 0.25) is 0 Å². The van der Waals surface area contributed by atoms with E-state index >= 15 is 0 Å². The molecule has 1 unspecified atom stereocenters. The number of aromatic nitrogens is 2. The highest BCUT2D eigenvalue weighted by atomic mass is 32.2. The van der Waals surface area contributed by atoms with E-state index in [2.05, 4.69) is 14.9 Å². The summed E-state index contributed by atoms with van der Waals surface area (Å²) in [5, 5.41) is 6.43. The maximum absolute atomic E-state index is 12.2. The van der Waals surface area contributed by atoms with Crippen molar-refractivity contribution in [1.29, 1.82) is 0 Å². The van der Waals surface area contributed by atoms with Gasteiger partial charge < -0.3 is 10.2 Å². The second kappa shape index (κ2) is 5.16. The van der Waals surface area contributed by atoms with Crippen molar-refractivity contribution in [1.82, 2.24) is 14.9 Å². The summed E-state index contributed by atoms with van der Waals surface area (Å²) in [5.41, 5.74) is 6.19. The standard InChI is InChI=1S/C11H16N4O3S/c1-7(9-5-13-14-6-9)15-19(16,17)11-3-10(4-12)18-8(11)2/h3,5-7,15H,4,12H2,1-2H3,(H,13,14). The molecule has 0 saturated carbocycles. The second-order valence-electron chi connectivity index (χ2n) is 4.21. The quantitative estimate of drug-likeness (QED) is 0.751. The van der Waals surface area contributed by atoms with Crippen molar-refractivity contribution in [3.05, 3.63) is 35.5 Å². The maximum atomic E-state index is 12.2. The van der Waals surface area contributed by atoms with Gasteiger partial charge in [0, 0.05) is 23.9 Å². The van der Waals surface area contributed by atoms with E-state index in [1.54, 1.807) is 26.2 Å². The Hall–Kier alpha value is -1.64. The van der Waals surface area contributed by atoms with Crippen LogP contribution in [0.3, 0.4) is 0 Å². The van der Waals surface area contributed by atoms with Gasteiger partial charge in [-0.2, -0.15) is 5.10 Å². The van der Waals surface area contributed by atoms with Gasteiger partial charge in [-0.25, -0.2) is 13.1 Å². The molecule has 0 aliphatic carbocycles. The molecule has 0 bridgehead atoms. The first-order valence-corrected chi connectivity index (χ1v) is 7.22. The molecule has 1 atom stereocenters. The number of furan rings is 1. The SMILES string of the molecule is Cc1oc(CN)cc1S(=O)(=O)NC(C)c1cn[nH]c1. The number of H-pyrrole nitrogens is 1. The molecule has 7 nitrogen and oxygen atoms in total. The lowest BCUT2D eigenvalue weighted by atomic mass is 10.2. The number of aromatic amines is 1. The van der Waals surface area contributed by atoms with Crippen molar-refractivity contribution in [3.8, 4) is 0 Å². The number of sulfonamides is 1. The number of aryl methyl sites for hydroxylation is 1.